The number of benzene rings is 2. The molecule has 0 saturated heterocycles. The van der Waals surface area contributed by atoms with Gasteiger partial charge in [-0.1, -0.05) is 12.1 Å². The Labute approximate surface area is 156 Å². The minimum Gasteiger partial charge on any atom is -0.497 e. The summed E-state index contributed by atoms with van der Waals surface area (Å²) < 4.78 is 11.6. The summed E-state index contributed by atoms with van der Waals surface area (Å²) >= 11 is 1.61. The second kappa shape index (κ2) is 8.01. The van der Waals surface area contributed by atoms with E-state index in [-0.39, 0.29) is 5.91 Å². The number of carbonyl (C=O) groups is 1. The molecular formula is C20H20N2O3S. The van der Waals surface area contributed by atoms with Crippen molar-refractivity contribution >= 4 is 33.5 Å². The van der Waals surface area contributed by atoms with Crippen molar-refractivity contribution in [3.63, 3.8) is 0 Å². The first-order valence-corrected chi connectivity index (χ1v) is 8.91. The summed E-state index contributed by atoms with van der Waals surface area (Å²) in [7, 11) is 4.96. The molecule has 3 aromatic rings. The van der Waals surface area contributed by atoms with Gasteiger partial charge in [0.15, 0.2) is 0 Å². The maximum absolute atomic E-state index is 12.4. The molecule has 3 rings (SSSR count). The van der Waals surface area contributed by atoms with Crippen molar-refractivity contribution < 1.29 is 14.3 Å². The van der Waals surface area contributed by atoms with E-state index in [9.17, 15) is 4.79 Å². The third-order valence-electron chi connectivity index (χ3n) is 3.88. The molecule has 2 aromatic carbocycles. The highest BCUT2D eigenvalue weighted by Gasteiger charge is 2.10. The number of carbonyl (C=O) groups excluding carboxylic acids is 1. The monoisotopic (exact) mass is 368 g/mol. The summed E-state index contributed by atoms with van der Waals surface area (Å²) in [5.74, 6) is 1.27. The van der Waals surface area contributed by atoms with Crippen molar-refractivity contribution in [2.24, 2.45) is 0 Å². The second-order valence-corrected chi connectivity index (χ2v) is 6.86. The molecule has 0 aliphatic heterocycles. The van der Waals surface area contributed by atoms with E-state index in [1.165, 1.54) is 0 Å². The number of fused-ring (bicyclic) bond motifs is 1. The number of nitrogens with zero attached hydrogens (tertiary/aromatic N) is 2. The lowest BCUT2D eigenvalue weighted by Gasteiger charge is -2.13. The van der Waals surface area contributed by atoms with Crippen LogP contribution in [-0.2, 0) is 11.3 Å². The lowest BCUT2D eigenvalue weighted by atomic mass is 10.2. The molecule has 0 fully saturated rings. The van der Waals surface area contributed by atoms with E-state index in [2.05, 4.69) is 4.98 Å². The zero-order valence-electron chi connectivity index (χ0n) is 14.9. The van der Waals surface area contributed by atoms with E-state index in [4.69, 9.17) is 9.47 Å². The molecule has 134 valence electrons. The van der Waals surface area contributed by atoms with Gasteiger partial charge in [-0.05, 0) is 35.9 Å². The maximum Gasteiger partial charge on any atom is 0.246 e. The van der Waals surface area contributed by atoms with Gasteiger partial charge in [0.2, 0.25) is 5.91 Å². The van der Waals surface area contributed by atoms with Crippen LogP contribution in [0, 0.1) is 0 Å². The summed E-state index contributed by atoms with van der Waals surface area (Å²) in [5, 5.41) is 0.915. The fourth-order valence-electron chi connectivity index (χ4n) is 2.49. The van der Waals surface area contributed by atoms with E-state index >= 15 is 0 Å². The minimum absolute atomic E-state index is 0.0916. The van der Waals surface area contributed by atoms with E-state index in [0.717, 1.165) is 20.8 Å². The highest BCUT2D eigenvalue weighted by atomic mass is 32.1. The maximum atomic E-state index is 12.4. The Kier molecular flexibility index (Phi) is 5.53. The summed E-state index contributed by atoms with van der Waals surface area (Å²) in [6.45, 7) is 0.476. The van der Waals surface area contributed by atoms with Gasteiger partial charge in [-0.15, -0.1) is 11.3 Å². The molecule has 0 N–H and O–H groups in total. The van der Waals surface area contributed by atoms with E-state index in [1.54, 1.807) is 55.7 Å². The van der Waals surface area contributed by atoms with E-state index in [0.29, 0.717) is 18.0 Å². The van der Waals surface area contributed by atoms with Gasteiger partial charge in [0.1, 0.15) is 16.5 Å². The smallest absolute Gasteiger partial charge is 0.246 e. The van der Waals surface area contributed by atoms with Gasteiger partial charge in [0.05, 0.1) is 31.0 Å². The molecular weight excluding hydrogens is 348 g/mol. The zero-order valence-corrected chi connectivity index (χ0v) is 15.7. The van der Waals surface area contributed by atoms with Crippen LogP contribution in [0.2, 0.25) is 0 Å². The molecule has 26 heavy (non-hydrogen) atoms. The number of amides is 1. The SMILES string of the molecule is COc1cc(/C=C/C(=O)N(C)Cc2nc3ccccc3s2)cc(OC)c1. The first-order valence-electron chi connectivity index (χ1n) is 8.10. The van der Waals surface area contributed by atoms with Gasteiger partial charge in [-0.25, -0.2) is 4.98 Å². The molecule has 0 radical (unpaired) electrons. The molecule has 0 spiro atoms. The Morgan fingerprint density at radius 2 is 1.85 bits per heavy atom. The van der Waals surface area contributed by atoms with E-state index < -0.39 is 0 Å². The van der Waals surface area contributed by atoms with Gasteiger partial charge in [-0.2, -0.15) is 0 Å². The van der Waals surface area contributed by atoms with Crippen molar-refractivity contribution in [1.29, 1.82) is 0 Å². The van der Waals surface area contributed by atoms with Crippen LogP contribution >= 0.6 is 11.3 Å². The number of para-hydroxylation sites is 1. The summed E-state index contributed by atoms with van der Waals surface area (Å²) in [6.07, 6.45) is 3.30. The van der Waals surface area contributed by atoms with Crippen LogP contribution in [0.3, 0.4) is 0 Å². The molecule has 0 unspecified atom stereocenters. The highest BCUT2D eigenvalue weighted by molar-refractivity contribution is 7.18. The first-order chi connectivity index (χ1) is 12.6. The number of hydrogen-bond donors (Lipinski definition) is 0. The van der Waals surface area contributed by atoms with Crippen LogP contribution in [-0.4, -0.2) is 37.1 Å². The molecule has 1 heterocycles. The average Bonchev–Trinajstić information content (AvgIpc) is 3.07. The number of methoxy groups -OCH3 is 2. The lowest BCUT2D eigenvalue weighted by molar-refractivity contribution is -0.125. The molecule has 5 nitrogen and oxygen atoms in total. The standard InChI is InChI=1S/C20H20N2O3S/c1-22(13-19-21-17-6-4-5-7-18(17)26-19)20(23)9-8-14-10-15(24-2)12-16(11-14)25-3/h4-12H,13H2,1-3H3/b9-8+. The largest absolute Gasteiger partial charge is 0.497 e. The number of rotatable bonds is 6. The number of aromatic nitrogens is 1. The van der Waals surface area contributed by atoms with Crippen LogP contribution in [0.15, 0.2) is 48.5 Å². The topological polar surface area (TPSA) is 51.7 Å². The number of likely N-dealkylation sites (N-methyl/N-ethyl adjacent to an activating group) is 1. The third kappa shape index (κ3) is 4.21. The molecule has 0 aliphatic carbocycles. The predicted molar refractivity (Wildman–Crippen MR) is 105 cm³/mol. The van der Waals surface area contributed by atoms with Gasteiger partial charge < -0.3 is 14.4 Å². The van der Waals surface area contributed by atoms with Crippen LogP contribution in [0.1, 0.15) is 10.6 Å². The normalized spacial score (nSPS) is 11.0. The number of ether oxygens (including phenoxy) is 2. The van der Waals surface area contributed by atoms with Crippen LogP contribution < -0.4 is 9.47 Å². The van der Waals surface area contributed by atoms with Crippen molar-refractivity contribution in [2.45, 2.75) is 6.54 Å². The van der Waals surface area contributed by atoms with Crippen molar-refractivity contribution in [2.75, 3.05) is 21.3 Å². The Balaban J connectivity index is 1.69. The Hall–Kier alpha value is -2.86. The molecule has 0 saturated carbocycles. The summed E-state index contributed by atoms with van der Waals surface area (Å²) in [6, 6.07) is 13.5. The molecule has 1 amide bonds. The number of hydrogen-bond acceptors (Lipinski definition) is 5. The van der Waals surface area contributed by atoms with Crippen LogP contribution in [0.4, 0.5) is 0 Å². The van der Waals surface area contributed by atoms with Crippen LogP contribution in [0.5, 0.6) is 11.5 Å². The summed E-state index contributed by atoms with van der Waals surface area (Å²) in [4.78, 5) is 18.6. The highest BCUT2D eigenvalue weighted by Crippen LogP contribution is 2.24. The molecule has 1 aromatic heterocycles. The lowest BCUT2D eigenvalue weighted by Crippen LogP contribution is -2.23. The number of thiazole rings is 1. The van der Waals surface area contributed by atoms with Gasteiger partial charge in [0.25, 0.3) is 0 Å². The van der Waals surface area contributed by atoms with Crippen molar-refractivity contribution in [1.82, 2.24) is 9.88 Å². The fourth-order valence-corrected chi connectivity index (χ4v) is 3.51. The average molecular weight is 368 g/mol. The summed E-state index contributed by atoms with van der Waals surface area (Å²) in [5.41, 5.74) is 1.80. The minimum atomic E-state index is -0.0916. The molecule has 6 heteroatoms. The predicted octanol–water partition coefficient (Wildman–Crippen LogP) is 3.99. The second-order valence-electron chi connectivity index (χ2n) is 5.75. The Morgan fingerprint density at radius 3 is 2.50 bits per heavy atom. The van der Waals surface area contributed by atoms with Crippen molar-refractivity contribution in [3.05, 3.63) is 59.1 Å². The molecule has 0 atom stereocenters. The van der Waals surface area contributed by atoms with Crippen molar-refractivity contribution in [3.8, 4) is 11.5 Å². The van der Waals surface area contributed by atoms with Crippen LogP contribution in [0.25, 0.3) is 16.3 Å². The Bertz CT molecular complexity index is 894. The quantitative estimate of drug-likeness (QED) is 0.618. The molecule has 0 aliphatic rings. The van der Waals surface area contributed by atoms with Gasteiger partial charge in [-0.3, -0.25) is 4.79 Å². The third-order valence-corrected chi connectivity index (χ3v) is 4.90. The Morgan fingerprint density at radius 1 is 1.15 bits per heavy atom. The van der Waals surface area contributed by atoms with E-state index in [1.807, 2.05) is 36.4 Å². The zero-order chi connectivity index (χ0) is 18.5. The fraction of sp³-hybridized carbons (Fsp3) is 0.200. The van der Waals surface area contributed by atoms with Gasteiger partial charge in [0, 0.05) is 19.2 Å². The van der Waals surface area contributed by atoms with Gasteiger partial charge >= 0.3 is 0 Å². The first kappa shape index (κ1) is 17.9. The molecule has 0 bridgehead atoms.